The Morgan fingerprint density at radius 1 is 1.18 bits per heavy atom. The fourth-order valence-electron chi connectivity index (χ4n) is 1.30. The monoisotopic (exact) mass is 260 g/mol. The third-order valence-corrected chi connectivity index (χ3v) is 2.46. The van der Waals surface area contributed by atoms with Crippen molar-refractivity contribution in [2.24, 2.45) is 0 Å². The van der Waals surface area contributed by atoms with Gasteiger partial charge in [-0.3, -0.25) is 4.79 Å². The van der Waals surface area contributed by atoms with Crippen molar-refractivity contribution in [3.63, 3.8) is 0 Å². The fraction of sp³-hybridized carbons (Fsp3) is 0.100. The maximum atomic E-state index is 12.2. The molecule has 0 N–H and O–H groups in total. The van der Waals surface area contributed by atoms with Crippen molar-refractivity contribution >= 4 is 28.3 Å². The van der Waals surface area contributed by atoms with E-state index in [9.17, 15) is 18.0 Å². The maximum Gasteiger partial charge on any atom is 0.456 e. The van der Waals surface area contributed by atoms with Crippen LogP contribution in [0.5, 0.6) is 0 Å². The highest BCUT2D eigenvalue weighted by Gasteiger charge is 2.42. The van der Waals surface area contributed by atoms with Crippen LogP contribution in [-0.2, 0) is 0 Å². The topological polar surface area (TPSA) is 42.9 Å². The maximum absolute atomic E-state index is 12.2. The number of benzene rings is 1. The van der Waals surface area contributed by atoms with E-state index >= 15 is 0 Å². The summed E-state index contributed by atoms with van der Waals surface area (Å²) in [6, 6.07) is 6.23. The van der Waals surface area contributed by atoms with E-state index in [0.29, 0.717) is 5.52 Å². The molecule has 0 radical (unpaired) electrons. The fourth-order valence-corrected chi connectivity index (χ4v) is 1.58. The first-order valence-corrected chi connectivity index (χ1v) is 4.81. The Balaban J connectivity index is 2.65. The quantitative estimate of drug-likeness (QED) is 0.740. The molecule has 2 aromatic rings. The first-order valence-electron chi connectivity index (χ1n) is 4.43. The molecule has 0 spiro atoms. The van der Waals surface area contributed by atoms with E-state index < -0.39 is 17.7 Å². The van der Waals surface area contributed by atoms with Crippen molar-refractivity contribution < 1.29 is 18.0 Å². The molecule has 7 heteroatoms. The minimum atomic E-state index is -5.01. The van der Waals surface area contributed by atoms with Crippen molar-refractivity contribution in [3.05, 3.63) is 35.0 Å². The molecule has 1 heterocycles. The SMILES string of the molecule is O=C(c1nnc2ccccc2c1Cl)C(F)(F)F. The first-order chi connectivity index (χ1) is 7.91. The van der Waals surface area contributed by atoms with Crippen LogP contribution in [0.25, 0.3) is 10.9 Å². The predicted octanol–water partition coefficient (Wildman–Crippen LogP) is 3.03. The number of hydrogen-bond donors (Lipinski definition) is 0. The Kier molecular flexibility index (Phi) is 2.74. The lowest BCUT2D eigenvalue weighted by Crippen LogP contribution is -2.24. The highest BCUT2D eigenvalue weighted by Crippen LogP contribution is 2.28. The van der Waals surface area contributed by atoms with E-state index in [4.69, 9.17) is 11.6 Å². The molecule has 0 atom stereocenters. The van der Waals surface area contributed by atoms with Gasteiger partial charge < -0.3 is 0 Å². The molecule has 0 aliphatic heterocycles. The Bertz CT molecular complexity index is 598. The smallest absolute Gasteiger partial charge is 0.282 e. The molecule has 0 saturated carbocycles. The van der Waals surface area contributed by atoms with E-state index in [1.807, 2.05) is 0 Å². The zero-order chi connectivity index (χ0) is 12.6. The number of carbonyl (C=O) groups excluding carboxylic acids is 1. The molecule has 0 unspecified atom stereocenters. The summed E-state index contributed by atoms with van der Waals surface area (Å²) in [5.41, 5.74) is -0.547. The van der Waals surface area contributed by atoms with E-state index in [2.05, 4.69) is 10.2 Å². The molecule has 3 nitrogen and oxygen atoms in total. The summed E-state index contributed by atoms with van der Waals surface area (Å²) in [5.74, 6) is -2.10. The van der Waals surface area contributed by atoms with Crippen LogP contribution in [0.4, 0.5) is 13.2 Å². The van der Waals surface area contributed by atoms with Crippen LogP contribution in [0.3, 0.4) is 0 Å². The lowest BCUT2D eigenvalue weighted by atomic mass is 10.2. The molecule has 0 aliphatic rings. The van der Waals surface area contributed by atoms with Crippen molar-refractivity contribution in [1.29, 1.82) is 0 Å². The van der Waals surface area contributed by atoms with E-state index in [-0.39, 0.29) is 10.4 Å². The molecule has 0 bridgehead atoms. The summed E-state index contributed by atoms with van der Waals surface area (Å²) in [7, 11) is 0. The minimum absolute atomic E-state index is 0.261. The number of aromatic nitrogens is 2. The first kappa shape index (κ1) is 11.8. The van der Waals surface area contributed by atoms with Crippen LogP contribution in [0.15, 0.2) is 24.3 Å². The second-order valence-corrected chi connectivity index (χ2v) is 3.58. The number of fused-ring (bicyclic) bond motifs is 1. The molecule has 0 saturated heterocycles. The molecule has 0 aliphatic carbocycles. The van der Waals surface area contributed by atoms with Gasteiger partial charge in [0, 0.05) is 5.39 Å². The summed E-state index contributed by atoms with van der Waals surface area (Å²) in [6.45, 7) is 0. The standard InChI is InChI=1S/C10H4ClF3N2O/c11-7-5-3-1-2-4-6(5)15-16-8(7)9(17)10(12,13)14/h1-4H. The zero-order valence-corrected chi connectivity index (χ0v) is 8.88. The Morgan fingerprint density at radius 3 is 2.47 bits per heavy atom. The Hall–Kier alpha value is -1.69. The van der Waals surface area contributed by atoms with Crippen LogP contribution in [0.2, 0.25) is 5.02 Å². The summed E-state index contributed by atoms with van der Waals surface area (Å²) < 4.78 is 36.7. The molecule has 0 amide bonds. The third kappa shape index (κ3) is 2.08. The average Bonchev–Trinajstić information content (AvgIpc) is 2.28. The lowest BCUT2D eigenvalue weighted by Gasteiger charge is -2.06. The van der Waals surface area contributed by atoms with E-state index in [1.165, 1.54) is 12.1 Å². The lowest BCUT2D eigenvalue weighted by molar-refractivity contribution is -0.0888. The summed E-state index contributed by atoms with van der Waals surface area (Å²) in [6.07, 6.45) is -5.01. The van der Waals surface area contributed by atoms with Crippen molar-refractivity contribution in [3.8, 4) is 0 Å². The molecule has 88 valence electrons. The van der Waals surface area contributed by atoms with Gasteiger partial charge in [-0.2, -0.15) is 13.2 Å². The number of carbonyl (C=O) groups is 1. The molecular weight excluding hydrogens is 257 g/mol. The van der Waals surface area contributed by atoms with Gasteiger partial charge in [-0.15, -0.1) is 10.2 Å². The largest absolute Gasteiger partial charge is 0.456 e. The van der Waals surface area contributed by atoms with Crippen molar-refractivity contribution in [1.82, 2.24) is 10.2 Å². The summed E-state index contributed by atoms with van der Waals surface area (Å²) in [5, 5.41) is 6.67. The number of nitrogens with zero attached hydrogens (tertiary/aromatic N) is 2. The molecule has 0 fully saturated rings. The average molecular weight is 261 g/mol. The van der Waals surface area contributed by atoms with Gasteiger partial charge in [0.2, 0.25) is 0 Å². The summed E-state index contributed by atoms with van der Waals surface area (Å²) >= 11 is 5.72. The predicted molar refractivity (Wildman–Crippen MR) is 54.9 cm³/mol. The van der Waals surface area contributed by atoms with Gasteiger partial charge in [0.15, 0.2) is 5.69 Å². The number of halogens is 4. The van der Waals surface area contributed by atoms with Gasteiger partial charge in [0.05, 0.1) is 10.5 Å². The normalized spacial score (nSPS) is 11.8. The van der Waals surface area contributed by atoms with Gasteiger partial charge in [0.1, 0.15) is 0 Å². The van der Waals surface area contributed by atoms with Gasteiger partial charge >= 0.3 is 6.18 Å². The number of Topliss-reactive ketones (excluding diaryl/α,β-unsaturated/α-hetero) is 1. The highest BCUT2D eigenvalue weighted by molar-refractivity contribution is 6.38. The van der Waals surface area contributed by atoms with E-state index in [1.54, 1.807) is 12.1 Å². The van der Waals surface area contributed by atoms with Crippen LogP contribution in [0.1, 0.15) is 10.5 Å². The van der Waals surface area contributed by atoms with Crippen LogP contribution in [0, 0.1) is 0 Å². The van der Waals surface area contributed by atoms with Gasteiger partial charge in [-0.05, 0) is 6.07 Å². The van der Waals surface area contributed by atoms with Gasteiger partial charge in [-0.1, -0.05) is 29.8 Å². The second-order valence-electron chi connectivity index (χ2n) is 3.21. The minimum Gasteiger partial charge on any atom is -0.282 e. The van der Waals surface area contributed by atoms with Crippen LogP contribution >= 0.6 is 11.6 Å². The number of hydrogen-bond acceptors (Lipinski definition) is 3. The summed E-state index contributed by atoms with van der Waals surface area (Å²) in [4.78, 5) is 11.0. The number of rotatable bonds is 1. The number of ketones is 1. The van der Waals surface area contributed by atoms with Crippen molar-refractivity contribution in [2.45, 2.75) is 6.18 Å². The number of alkyl halides is 3. The molecule has 1 aromatic heterocycles. The zero-order valence-electron chi connectivity index (χ0n) is 8.12. The highest BCUT2D eigenvalue weighted by atomic mass is 35.5. The Labute approximate surface area is 98.2 Å². The van der Waals surface area contributed by atoms with Gasteiger partial charge in [-0.25, -0.2) is 0 Å². The van der Waals surface area contributed by atoms with Crippen LogP contribution in [-0.4, -0.2) is 22.2 Å². The van der Waals surface area contributed by atoms with E-state index in [0.717, 1.165) is 0 Å². The third-order valence-electron chi connectivity index (χ3n) is 2.08. The van der Waals surface area contributed by atoms with Crippen LogP contribution < -0.4 is 0 Å². The molecular formula is C10H4ClF3N2O. The van der Waals surface area contributed by atoms with Crippen molar-refractivity contribution in [2.75, 3.05) is 0 Å². The second kappa shape index (κ2) is 3.96. The molecule has 1 aromatic carbocycles. The molecule has 2 rings (SSSR count). The Morgan fingerprint density at radius 2 is 1.82 bits per heavy atom. The molecule has 17 heavy (non-hydrogen) atoms. The van der Waals surface area contributed by atoms with Gasteiger partial charge in [0.25, 0.3) is 5.78 Å².